The van der Waals surface area contributed by atoms with Gasteiger partial charge < -0.3 is 14.2 Å². The third kappa shape index (κ3) is 5.40. The number of hydrogen-bond donors (Lipinski definition) is 0. The minimum atomic E-state index is -2.26. The van der Waals surface area contributed by atoms with Crippen LogP contribution in [0.1, 0.15) is 19.4 Å². The van der Waals surface area contributed by atoms with Gasteiger partial charge in [-0.25, -0.2) is 9.68 Å². The molecule has 0 aliphatic carbocycles. The van der Waals surface area contributed by atoms with Crippen molar-refractivity contribution in [1.29, 1.82) is 0 Å². The summed E-state index contributed by atoms with van der Waals surface area (Å²) < 4.78 is 22.3. The van der Waals surface area contributed by atoms with Crippen molar-refractivity contribution in [2.45, 2.75) is 73.5 Å². The highest BCUT2D eigenvalue weighted by Crippen LogP contribution is 2.48. The number of rotatable bonds is 8. The summed E-state index contributed by atoms with van der Waals surface area (Å²) in [5, 5.41) is -0.678. The molecule has 0 bridgehead atoms. The maximum atomic E-state index is 13.3. The number of β-lactam (4-membered cyclic amide) rings is 1. The van der Waals surface area contributed by atoms with E-state index in [0.717, 1.165) is 16.7 Å². The van der Waals surface area contributed by atoms with E-state index in [1.165, 1.54) is 0 Å². The second-order valence-corrected chi connectivity index (χ2v) is 17.0. The number of esters is 1. The van der Waals surface area contributed by atoms with Crippen molar-refractivity contribution in [1.82, 2.24) is 4.90 Å². The van der Waals surface area contributed by atoms with E-state index in [1.54, 1.807) is 45.2 Å². The van der Waals surface area contributed by atoms with Crippen LogP contribution in [0.5, 0.6) is 5.75 Å². The molecule has 4 rings (SSSR count). The third-order valence-corrected chi connectivity index (χ3v) is 9.30. The molecule has 1 aromatic rings. The number of carbonyl (C=O) groups excluding carboxylic acids is 2. The zero-order valence-electron chi connectivity index (χ0n) is 20.1. The highest BCUT2D eigenvalue weighted by molar-refractivity contribution is 9.10. The molecule has 1 aromatic carbocycles. The quantitative estimate of drug-likeness (QED) is 0.145. The van der Waals surface area contributed by atoms with E-state index in [9.17, 15) is 9.59 Å². The van der Waals surface area contributed by atoms with Gasteiger partial charge in [0, 0.05) is 0 Å². The van der Waals surface area contributed by atoms with Crippen LogP contribution >= 0.6 is 27.7 Å². The van der Waals surface area contributed by atoms with Crippen LogP contribution < -0.4 is 4.74 Å². The van der Waals surface area contributed by atoms with Crippen molar-refractivity contribution < 1.29 is 48.1 Å². The van der Waals surface area contributed by atoms with Crippen LogP contribution in [0, 0.1) is 0 Å². The molecule has 3 saturated heterocycles. The number of hydrogen-bond acceptors (Lipinski definition) is 11. The summed E-state index contributed by atoms with van der Waals surface area (Å²) in [5.41, 5.74) is -0.121. The van der Waals surface area contributed by atoms with E-state index in [1.807, 2.05) is 0 Å². The molecule has 1 amide bonds. The highest BCUT2D eigenvalue weighted by Gasteiger charge is 2.69. The Bertz CT molecular complexity index is 960. The molecule has 3 unspecified atom stereocenters. The Labute approximate surface area is 216 Å². The molecule has 35 heavy (non-hydrogen) atoms. The van der Waals surface area contributed by atoms with Crippen molar-refractivity contribution in [2.24, 2.45) is 0 Å². The Balaban J connectivity index is 1.50. The number of alkyl halides is 1. The van der Waals surface area contributed by atoms with Gasteiger partial charge in [-0.1, -0.05) is 59.5 Å². The van der Waals surface area contributed by atoms with Gasteiger partial charge in [0.25, 0.3) is 0 Å². The van der Waals surface area contributed by atoms with E-state index in [-0.39, 0.29) is 6.61 Å². The predicted molar refractivity (Wildman–Crippen MR) is 128 cm³/mol. The number of halogens is 1. The minimum absolute atomic E-state index is 0.0874. The number of carbonyl (C=O) groups is 2. The summed E-state index contributed by atoms with van der Waals surface area (Å²) in [6.45, 7) is 9.25. The van der Waals surface area contributed by atoms with E-state index in [0.29, 0.717) is 11.3 Å². The number of nitrogens with zero attached hydrogens (tertiary/aromatic N) is 1. The lowest BCUT2D eigenvalue weighted by Crippen LogP contribution is -2.73. The third-order valence-electron chi connectivity index (χ3n) is 5.24. The van der Waals surface area contributed by atoms with Gasteiger partial charge in [0.2, 0.25) is 17.3 Å². The van der Waals surface area contributed by atoms with Crippen molar-refractivity contribution in [3.8, 4) is 5.75 Å². The van der Waals surface area contributed by atoms with Gasteiger partial charge in [-0.2, -0.15) is 14.7 Å². The fourth-order valence-electron chi connectivity index (χ4n) is 3.38. The minimum Gasteiger partial charge on any atom is -0.497 e. The monoisotopic (exact) mass is 593 g/mol. The Kier molecular flexibility index (Phi) is 7.59. The normalized spacial score (nSPS) is 32.4. The lowest BCUT2D eigenvalue weighted by Gasteiger charge is -2.49. The second-order valence-electron chi connectivity index (χ2n) is 9.63. The number of thioether (sulfide) groups is 1. The van der Waals surface area contributed by atoms with E-state index < -0.39 is 53.4 Å². The summed E-state index contributed by atoms with van der Waals surface area (Å²) in [6, 6.07) is 6.99. The Hall–Kier alpha value is -1.23. The first-order valence-corrected chi connectivity index (χ1v) is 16.3. The highest BCUT2D eigenvalue weighted by atomic mass is 79.9. The summed E-state index contributed by atoms with van der Waals surface area (Å²) in [4.78, 5) is 48.0. The molecule has 3 aliphatic heterocycles. The molecule has 0 saturated carbocycles. The van der Waals surface area contributed by atoms with Crippen LogP contribution in [-0.2, 0) is 50.0 Å². The Morgan fingerprint density at radius 2 is 1.86 bits per heavy atom. The largest absolute Gasteiger partial charge is 0.497 e. The standard InChI is InChI=1S/C21H28BrNO10SSi/c1-20(2)31-21(33-32-20,17(25)27-11-12-7-9-13(26-3)10-8-12)23-15(24)14(22)16(23)34-18-28-19(30-29-18)35(4,5)6/h7-10,14,16,18-19H,11H2,1-6H3/t14-,16+,18?,19?,21?/m0/s1. The molecule has 3 fully saturated rings. The van der Waals surface area contributed by atoms with Crippen LogP contribution in [0.3, 0.4) is 0 Å². The maximum absolute atomic E-state index is 13.3. The summed E-state index contributed by atoms with van der Waals surface area (Å²) in [6.07, 6.45) is 0. The Morgan fingerprint density at radius 1 is 1.17 bits per heavy atom. The SMILES string of the molecule is COc1ccc(COC(=O)C2(N3C(=O)[C@H](Br)[C@H]3SC3OOC([Si](C)(C)C)O3)OOC(C)(C)O2)cc1. The van der Waals surface area contributed by atoms with Crippen LogP contribution in [0.25, 0.3) is 0 Å². The van der Waals surface area contributed by atoms with Gasteiger partial charge >= 0.3 is 11.9 Å². The molecule has 3 aliphatic rings. The number of likely N-dealkylation sites (tertiary alicyclic amines) is 1. The smallest absolute Gasteiger partial charge is 0.393 e. The average molecular weight is 595 g/mol. The molecule has 14 heteroatoms. The fraction of sp³-hybridized carbons (Fsp3) is 0.619. The second kappa shape index (κ2) is 9.91. The van der Waals surface area contributed by atoms with Crippen molar-refractivity contribution in [3.63, 3.8) is 0 Å². The molecule has 3 heterocycles. The lowest BCUT2D eigenvalue weighted by molar-refractivity contribution is -0.368. The maximum Gasteiger partial charge on any atom is 0.393 e. The van der Waals surface area contributed by atoms with Crippen LogP contribution in [0.2, 0.25) is 19.6 Å². The lowest BCUT2D eigenvalue weighted by atomic mass is 10.1. The molecule has 194 valence electrons. The van der Waals surface area contributed by atoms with Gasteiger partial charge in [0.05, 0.1) is 7.11 Å². The van der Waals surface area contributed by atoms with Gasteiger partial charge in [0.15, 0.2) is 5.91 Å². The first kappa shape index (κ1) is 26.8. The Morgan fingerprint density at radius 3 is 2.40 bits per heavy atom. The molecule has 0 N–H and O–H groups in total. The molecule has 11 nitrogen and oxygen atoms in total. The van der Waals surface area contributed by atoms with Gasteiger partial charge in [0.1, 0.15) is 30.6 Å². The van der Waals surface area contributed by atoms with Gasteiger partial charge in [-0.05, 0) is 31.5 Å². The van der Waals surface area contributed by atoms with Crippen LogP contribution in [-0.4, -0.2) is 65.4 Å². The van der Waals surface area contributed by atoms with E-state index in [2.05, 4.69) is 35.6 Å². The van der Waals surface area contributed by atoms with Crippen molar-refractivity contribution >= 4 is 47.6 Å². The summed E-state index contributed by atoms with van der Waals surface area (Å²) in [7, 11) is -0.250. The zero-order chi connectivity index (χ0) is 25.6. The van der Waals surface area contributed by atoms with Crippen molar-refractivity contribution in [2.75, 3.05) is 7.11 Å². The first-order valence-electron chi connectivity index (χ1n) is 10.8. The molecule has 5 atom stereocenters. The molecule has 0 spiro atoms. The van der Waals surface area contributed by atoms with Gasteiger partial charge in [-0.15, -0.1) is 0 Å². The average Bonchev–Trinajstić information content (AvgIpc) is 3.42. The molecule has 0 aromatic heterocycles. The zero-order valence-corrected chi connectivity index (χ0v) is 23.5. The number of methoxy groups -OCH3 is 1. The topological polar surface area (TPSA) is 111 Å². The van der Waals surface area contributed by atoms with Crippen LogP contribution in [0.15, 0.2) is 24.3 Å². The fourth-order valence-corrected chi connectivity index (χ4v) is 6.29. The number of amides is 1. The summed E-state index contributed by atoms with van der Waals surface area (Å²) in [5.74, 6) is -4.78. The number of benzene rings is 1. The molecular formula is C21H28BrNO10SSi. The molecular weight excluding hydrogens is 566 g/mol. The van der Waals surface area contributed by atoms with Crippen LogP contribution in [0.4, 0.5) is 0 Å². The first-order chi connectivity index (χ1) is 16.4. The molecule has 0 radical (unpaired) electrons. The summed E-state index contributed by atoms with van der Waals surface area (Å²) >= 11 is 4.49. The van der Waals surface area contributed by atoms with Crippen molar-refractivity contribution in [3.05, 3.63) is 29.8 Å². The van der Waals surface area contributed by atoms with E-state index >= 15 is 0 Å². The predicted octanol–water partition coefficient (Wildman–Crippen LogP) is 3.24. The van der Waals surface area contributed by atoms with E-state index in [4.69, 9.17) is 38.5 Å². The van der Waals surface area contributed by atoms with Gasteiger partial charge in [-0.3, -0.25) is 14.4 Å². The number of ether oxygens (including phenoxy) is 4.